The summed E-state index contributed by atoms with van der Waals surface area (Å²) in [4.78, 5) is 4.53. The lowest BCUT2D eigenvalue weighted by atomic mass is 10.1. The van der Waals surface area contributed by atoms with Crippen LogP contribution in [0.3, 0.4) is 0 Å². The number of rotatable bonds is 3. The predicted molar refractivity (Wildman–Crippen MR) is 95.1 cm³/mol. The summed E-state index contributed by atoms with van der Waals surface area (Å²) in [5.74, 6) is 0.974. The number of likely N-dealkylation sites (N-methyl/N-ethyl adjacent to an activating group) is 1. The quantitative estimate of drug-likeness (QED) is 0.733. The summed E-state index contributed by atoms with van der Waals surface area (Å²) in [6.07, 6.45) is 2.32. The molecule has 1 unspecified atom stereocenters. The van der Waals surface area contributed by atoms with Crippen molar-refractivity contribution in [2.75, 3.05) is 32.1 Å². The standard InChI is InChI=1S/C18H21FN6/c1-23(2)13-6-5-11-24(12-13)17-10-9-16-20-21-18(25(16)22-17)14-7-3-4-8-15(14)19/h3-4,7-10,13H,5-6,11-12H2,1-2H3. The van der Waals surface area contributed by atoms with Crippen LogP contribution in [0.4, 0.5) is 10.2 Å². The second-order valence-electron chi connectivity index (χ2n) is 6.67. The summed E-state index contributed by atoms with van der Waals surface area (Å²) in [5, 5.41) is 13.0. The molecule has 25 heavy (non-hydrogen) atoms. The fourth-order valence-electron chi connectivity index (χ4n) is 3.34. The van der Waals surface area contributed by atoms with Crippen molar-refractivity contribution in [3.63, 3.8) is 0 Å². The topological polar surface area (TPSA) is 49.6 Å². The van der Waals surface area contributed by atoms with E-state index in [0.717, 1.165) is 25.3 Å². The van der Waals surface area contributed by atoms with Crippen molar-refractivity contribution >= 4 is 11.5 Å². The van der Waals surface area contributed by atoms with Gasteiger partial charge in [-0.2, -0.15) is 4.52 Å². The molecule has 4 rings (SSSR count). The Labute approximate surface area is 145 Å². The summed E-state index contributed by atoms with van der Waals surface area (Å²) in [6.45, 7) is 1.91. The average Bonchev–Trinajstić information content (AvgIpc) is 3.05. The predicted octanol–water partition coefficient (Wildman–Crippen LogP) is 2.46. The Balaban J connectivity index is 1.73. The third-order valence-corrected chi connectivity index (χ3v) is 4.81. The Kier molecular flexibility index (Phi) is 4.09. The number of benzene rings is 1. The lowest BCUT2D eigenvalue weighted by Gasteiger charge is -2.36. The van der Waals surface area contributed by atoms with Crippen LogP contribution in [0.25, 0.3) is 17.0 Å². The van der Waals surface area contributed by atoms with Gasteiger partial charge in [0, 0.05) is 19.1 Å². The maximum Gasteiger partial charge on any atom is 0.188 e. The molecule has 1 aliphatic heterocycles. The van der Waals surface area contributed by atoms with Crippen LogP contribution in [0.5, 0.6) is 0 Å². The van der Waals surface area contributed by atoms with Gasteiger partial charge in [0.15, 0.2) is 11.5 Å². The van der Waals surface area contributed by atoms with Gasteiger partial charge in [0.1, 0.15) is 11.6 Å². The van der Waals surface area contributed by atoms with Gasteiger partial charge >= 0.3 is 0 Å². The summed E-state index contributed by atoms with van der Waals surface area (Å²) in [6, 6.07) is 10.9. The number of fused-ring (bicyclic) bond motifs is 1. The lowest BCUT2D eigenvalue weighted by molar-refractivity contribution is 0.257. The normalized spacial score (nSPS) is 18.2. The number of hydrogen-bond donors (Lipinski definition) is 0. The Morgan fingerprint density at radius 1 is 1.12 bits per heavy atom. The van der Waals surface area contributed by atoms with E-state index in [1.54, 1.807) is 22.7 Å². The van der Waals surface area contributed by atoms with Crippen LogP contribution in [0.1, 0.15) is 12.8 Å². The zero-order valence-electron chi connectivity index (χ0n) is 14.4. The number of piperidine rings is 1. The van der Waals surface area contributed by atoms with Crippen molar-refractivity contribution in [2.45, 2.75) is 18.9 Å². The highest BCUT2D eigenvalue weighted by molar-refractivity contribution is 5.60. The molecule has 0 bridgehead atoms. The molecule has 1 aromatic carbocycles. The van der Waals surface area contributed by atoms with E-state index in [1.807, 2.05) is 12.1 Å². The van der Waals surface area contributed by atoms with Crippen LogP contribution in [-0.2, 0) is 0 Å². The molecular formula is C18H21FN6. The van der Waals surface area contributed by atoms with Crippen molar-refractivity contribution < 1.29 is 4.39 Å². The Bertz CT molecular complexity index is 890. The van der Waals surface area contributed by atoms with Crippen LogP contribution >= 0.6 is 0 Å². The minimum absolute atomic E-state index is 0.324. The average molecular weight is 340 g/mol. The molecule has 0 spiro atoms. The first-order valence-corrected chi connectivity index (χ1v) is 8.52. The number of hydrogen-bond acceptors (Lipinski definition) is 5. The monoisotopic (exact) mass is 340 g/mol. The molecule has 0 radical (unpaired) electrons. The van der Waals surface area contributed by atoms with Crippen LogP contribution in [0.2, 0.25) is 0 Å². The molecule has 1 atom stereocenters. The second kappa shape index (κ2) is 6.40. The Morgan fingerprint density at radius 3 is 2.76 bits per heavy atom. The molecular weight excluding hydrogens is 319 g/mol. The molecule has 3 aromatic rings. The number of anilines is 1. The highest BCUT2D eigenvalue weighted by Crippen LogP contribution is 2.24. The zero-order valence-corrected chi connectivity index (χ0v) is 14.4. The minimum Gasteiger partial charge on any atom is -0.354 e. The first kappa shape index (κ1) is 16.0. The van der Waals surface area contributed by atoms with Gasteiger partial charge in [-0.15, -0.1) is 15.3 Å². The van der Waals surface area contributed by atoms with E-state index in [0.29, 0.717) is 23.1 Å². The van der Waals surface area contributed by atoms with Gasteiger partial charge < -0.3 is 9.80 Å². The van der Waals surface area contributed by atoms with Crippen molar-refractivity contribution in [1.82, 2.24) is 24.7 Å². The Morgan fingerprint density at radius 2 is 1.96 bits per heavy atom. The van der Waals surface area contributed by atoms with Gasteiger partial charge in [-0.1, -0.05) is 12.1 Å². The molecule has 1 saturated heterocycles. The molecule has 2 aromatic heterocycles. The smallest absolute Gasteiger partial charge is 0.188 e. The number of halogens is 1. The van der Waals surface area contributed by atoms with E-state index >= 15 is 0 Å². The molecule has 7 heteroatoms. The van der Waals surface area contributed by atoms with Crippen molar-refractivity contribution in [2.24, 2.45) is 0 Å². The first-order valence-electron chi connectivity index (χ1n) is 8.52. The zero-order chi connectivity index (χ0) is 17.4. The fraction of sp³-hybridized carbons (Fsp3) is 0.389. The van der Waals surface area contributed by atoms with Crippen LogP contribution in [0, 0.1) is 5.82 Å². The molecule has 130 valence electrons. The molecule has 0 aliphatic carbocycles. The van der Waals surface area contributed by atoms with Gasteiger partial charge in [0.25, 0.3) is 0 Å². The fourth-order valence-corrected chi connectivity index (χ4v) is 3.34. The summed E-state index contributed by atoms with van der Waals surface area (Å²) in [5.41, 5.74) is 1.02. The number of aromatic nitrogens is 4. The summed E-state index contributed by atoms with van der Waals surface area (Å²) >= 11 is 0. The first-order chi connectivity index (χ1) is 12.1. The van der Waals surface area contributed by atoms with E-state index < -0.39 is 0 Å². The van der Waals surface area contributed by atoms with Crippen molar-refractivity contribution in [3.8, 4) is 11.4 Å². The van der Waals surface area contributed by atoms with Crippen molar-refractivity contribution in [1.29, 1.82) is 0 Å². The Hall–Kier alpha value is -2.54. The van der Waals surface area contributed by atoms with Gasteiger partial charge in [-0.05, 0) is 51.2 Å². The van der Waals surface area contributed by atoms with Gasteiger partial charge in [-0.25, -0.2) is 4.39 Å². The highest BCUT2D eigenvalue weighted by atomic mass is 19.1. The molecule has 0 amide bonds. The van der Waals surface area contributed by atoms with Crippen LogP contribution in [0.15, 0.2) is 36.4 Å². The molecule has 1 fully saturated rings. The molecule has 0 saturated carbocycles. The summed E-state index contributed by atoms with van der Waals surface area (Å²) in [7, 11) is 4.22. The lowest BCUT2D eigenvalue weighted by Crippen LogP contribution is -2.45. The molecule has 3 heterocycles. The van der Waals surface area contributed by atoms with E-state index in [4.69, 9.17) is 5.10 Å². The van der Waals surface area contributed by atoms with Crippen LogP contribution < -0.4 is 4.90 Å². The number of nitrogens with zero attached hydrogens (tertiary/aromatic N) is 6. The van der Waals surface area contributed by atoms with E-state index in [9.17, 15) is 4.39 Å². The van der Waals surface area contributed by atoms with Crippen molar-refractivity contribution in [3.05, 3.63) is 42.2 Å². The van der Waals surface area contributed by atoms with E-state index in [2.05, 4.69) is 34.1 Å². The maximum absolute atomic E-state index is 14.2. The van der Waals surface area contributed by atoms with Gasteiger partial charge in [0.2, 0.25) is 0 Å². The SMILES string of the molecule is CN(C)C1CCCN(c2ccc3nnc(-c4ccccc4F)n3n2)C1. The third-order valence-electron chi connectivity index (χ3n) is 4.81. The van der Waals surface area contributed by atoms with Gasteiger partial charge in [-0.3, -0.25) is 0 Å². The highest BCUT2D eigenvalue weighted by Gasteiger charge is 2.23. The van der Waals surface area contributed by atoms with Crippen LogP contribution in [-0.4, -0.2) is 57.9 Å². The minimum atomic E-state index is -0.324. The largest absolute Gasteiger partial charge is 0.354 e. The van der Waals surface area contributed by atoms with E-state index in [1.165, 1.54) is 12.5 Å². The molecule has 6 nitrogen and oxygen atoms in total. The van der Waals surface area contributed by atoms with Gasteiger partial charge in [0.05, 0.1) is 5.56 Å². The molecule has 1 aliphatic rings. The summed E-state index contributed by atoms with van der Waals surface area (Å²) < 4.78 is 15.8. The third kappa shape index (κ3) is 2.95. The molecule has 0 N–H and O–H groups in total. The second-order valence-corrected chi connectivity index (χ2v) is 6.67. The van der Waals surface area contributed by atoms with E-state index in [-0.39, 0.29) is 5.82 Å². The maximum atomic E-state index is 14.2.